The number of rotatable bonds is 11. The van der Waals surface area contributed by atoms with Gasteiger partial charge < -0.3 is 0 Å². The number of imidazole rings is 1. The predicted molar refractivity (Wildman–Crippen MR) is 182 cm³/mol. The van der Waals surface area contributed by atoms with Gasteiger partial charge in [-0.3, -0.25) is 4.57 Å². The summed E-state index contributed by atoms with van der Waals surface area (Å²) in [5.41, 5.74) is 11.7. The zero-order chi connectivity index (χ0) is 30.5. The first-order valence-electron chi connectivity index (χ1n) is 15.9. The van der Waals surface area contributed by atoms with Crippen molar-refractivity contribution in [3.63, 3.8) is 0 Å². The van der Waals surface area contributed by atoms with E-state index < -0.39 is 0 Å². The molecule has 0 spiro atoms. The molecular formula is C40H42N4. The second-order valence-corrected chi connectivity index (χ2v) is 12.3. The average molecular weight is 579 g/mol. The van der Waals surface area contributed by atoms with Crippen LogP contribution >= 0.6 is 0 Å². The summed E-state index contributed by atoms with van der Waals surface area (Å²) in [7, 11) is 0. The van der Waals surface area contributed by atoms with Gasteiger partial charge in [0.25, 0.3) is 0 Å². The second kappa shape index (κ2) is 13.3. The normalized spacial score (nSPS) is 11.5. The van der Waals surface area contributed by atoms with Crippen LogP contribution in [0.2, 0.25) is 0 Å². The average Bonchev–Trinajstić information content (AvgIpc) is 3.76. The molecule has 4 heteroatoms. The summed E-state index contributed by atoms with van der Waals surface area (Å²) in [5, 5.41) is 4.32. The van der Waals surface area contributed by atoms with Gasteiger partial charge in [0.2, 0.25) is 0 Å². The van der Waals surface area contributed by atoms with Gasteiger partial charge >= 0.3 is 0 Å². The van der Waals surface area contributed by atoms with Crippen LogP contribution in [0.1, 0.15) is 72.9 Å². The fraction of sp³-hybridized carbons (Fsp3) is 0.250. The van der Waals surface area contributed by atoms with Gasteiger partial charge in [-0.1, -0.05) is 107 Å². The predicted octanol–water partition coefficient (Wildman–Crippen LogP) is 9.54. The Morgan fingerprint density at radius 1 is 0.568 bits per heavy atom. The molecule has 6 rings (SSSR count). The molecule has 0 radical (unpaired) electrons. The van der Waals surface area contributed by atoms with Crippen LogP contribution in [0.15, 0.2) is 122 Å². The molecule has 0 saturated carbocycles. The molecule has 222 valence electrons. The van der Waals surface area contributed by atoms with Gasteiger partial charge in [-0.2, -0.15) is 5.10 Å². The van der Waals surface area contributed by atoms with E-state index in [1.807, 2.05) is 29.3 Å². The van der Waals surface area contributed by atoms with Crippen molar-refractivity contribution in [3.05, 3.63) is 155 Å². The molecule has 4 nitrogen and oxygen atoms in total. The van der Waals surface area contributed by atoms with Crippen LogP contribution < -0.4 is 0 Å². The summed E-state index contributed by atoms with van der Waals surface area (Å²) < 4.78 is 4.18. The van der Waals surface area contributed by atoms with Crippen molar-refractivity contribution in [2.75, 3.05) is 0 Å². The Balaban J connectivity index is 1.10. The third-order valence-corrected chi connectivity index (χ3v) is 8.54. The van der Waals surface area contributed by atoms with Crippen LogP contribution in [0, 0.1) is 0 Å². The van der Waals surface area contributed by atoms with Crippen molar-refractivity contribution in [1.29, 1.82) is 0 Å². The van der Waals surface area contributed by atoms with Gasteiger partial charge in [-0.25, -0.2) is 9.67 Å². The van der Waals surface area contributed by atoms with E-state index in [1.165, 1.54) is 39.1 Å². The van der Waals surface area contributed by atoms with E-state index in [9.17, 15) is 0 Å². The number of aryl methyl sites for hydroxylation is 4. The molecule has 0 atom stereocenters. The second-order valence-electron chi connectivity index (χ2n) is 12.3. The maximum Gasteiger partial charge on any atom is 0.144 e. The lowest BCUT2D eigenvalue weighted by Crippen LogP contribution is -2.07. The van der Waals surface area contributed by atoms with E-state index in [-0.39, 0.29) is 0 Å². The molecule has 0 aliphatic rings. The van der Waals surface area contributed by atoms with Crippen molar-refractivity contribution >= 4 is 0 Å². The summed E-state index contributed by atoms with van der Waals surface area (Å²) >= 11 is 0. The van der Waals surface area contributed by atoms with Gasteiger partial charge in [0.05, 0.1) is 11.4 Å². The van der Waals surface area contributed by atoms with Crippen LogP contribution in [0.5, 0.6) is 0 Å². The summed E-state index contributed by atoms with van der Waals surface area (Å²) in [4.78, 5) is 4.81. The number of hydrogen-bond acceptors (Lipinski definition) is 2. The van der Waals surface area contributed by atoms with Crippen molar-refractivity contribution in [3.8, 4) is 22.8 Å². The highest BCUT2D eigenvalue weighted by molar-refractivity contribution is 5.62. The zero-order valence-corrected chi connectivity index (χ0v) is 26.3. The molecule has 0 unspecified atom stereocenters. The lowest BCUT2D eigenvalue weighted by Gasteiger charge is -2.21. The molecule has 2 heterocycles. The summed E-state index contributed by atoms with van der Waals surface area (Å²) in [6, 6.07) is 35.4. The van der Waals surface area contributed by atoms with Crippen molar-refractivity contribution in [2.45, 2.75) is 65.2 Å². The Bertz CT molecular complexity index is 1760. The van der Waals surface area contributed by atoms with Crippen LogP contribution in [0.4, 0.5) is 0 Å². The highest BCUT2D eigenvalue weighted by Crippen LogP contribution is 2.34. The highest BCUT2D eigenvalue weighted by Gasteiger charge is 2.18. The maximum absolute atomic E-state index is 4.81. The Morgan fingerprint density at radius 2 is 1.14 bits per heavy atom. The molecule has 4 aromatic carbocycles. The minimum atomic E-state index is 0.430. The molecule has 0 bridgehead atoms. The molecule has 2 aromatic heterocycles. The fourth-order valence-corrected chi connectivity index (χ4v) is 6.06. The van der Waals surface area contributed by atoms with Crippen molar-refractivity contribution in [2.24, 2.45) is 0 Å². The first kappa shape index (κ1) is 29.4. The minimum absolute atomic E-state index is 0.430. The van der Waals surface area contributed by atoms with Crippen molar-refractivity contribution in [1.82, 2.24) is 19.3 Å². The SMILES string of the molecule is CC(C)c1cccc(C(C)C)c1-n1ccnc1-c1ccc(CCc2cccc(CCc3ccc(-n4cccn4)cc3)c2)cc1. The quantitative estimate of drug-likeness (QED) is 0.153. The van der Waals surface area contributed by atoms with Gasteiger partial charge in [0.1, 0.15) is 5.82 Å². The molecule has 0 fully saturated rings. The number of hydrogen-bond donors (Lipinski definition) is 0. The van der Waals surface area contributed by atoms with Gasteiger partial charge in [0.15, 0.2) is 0 Å². The maximum atomic E-state index is 4.81. The van der Waals surface area contributed by atoms with E-state index in [0.29, 0.717) is 11.8 Å². The number of para-hydroxylation sites is 1. The Morgan fingerprint density at radius 3 is 1.70 bits per heavy atom. The van der Waals surface area contributed by atoms with Crippen LogP contribution in [-0.4, -0.2) is 19.3 Å². The van der Waals surface area contributed by atoms with E-state index in [0.717, 1.165) is 42.8 Å². The summed E-state index contributed by atoms with van der Waals surface area (Å²) in [5.74, 6) is 1.86. The zero-order valence-electron chi connectivity index (χ0n) is 26.3. The fourth-order valence-electron chi connectivity index (χ4n) is 6.06. The van der Waals surface area contributed by atoms with Crippen molar-refractivity contribution < 1.29 is 0 Å². The molecule has 0 aliphatic heterocycles. The van der Waals surface area contributed by atoms with Crippen LogP contribution in [0.25, 0.3) is 22.8 Å². The number of aromatic nitrogens is 4. The van der Waals surface area contributed by atoms with E-state index in [2.05, 4.69) is 135 Å². The molecule has 44 heavy (non-hydrogen) atoms. The highest BCUT2D eigenvalue weighted by atomic mass is 15.3. The number of benzene rings is 4. The molecular weight excluding hydrogens is 536 g/mol. The van der Waals surface area contributed by atoms with E-state index >= 15 is 0 Å². The lowest BCUT2D eigenvalue weighted by molar-refractivity contribution is 0.806. The van der Waals surface area contributed by atoms with Crippen LogP contribution in [0.3, 0.4) is 0 Å². The minimum Gasteiger partial charge on any atom is -0.299 e. The standard InChI is InChI=1S/C40H42N4/c1-29(2)37-10-6-11-38(30(3)4)39(37)43-27-25-41-40(43)35-20-16-31(17-21-35)12-14-33-8-5-9-34(28-33)15-13-32-18-22-36(23-19-32)44-26-7-24-42-44/h5-11,16-30H,12-15H2,1-4H3. The van der Waals surface area contributed by atoms with Crippen LogP contribution in [-0.2, 0) is 25.7 Å². The molecule has 0 N–H and O–H groups in total. The smallest absolute Gasteiger partial charge is 0.144 e. The van der Waals surface area contributed by atoms with Gasteiger partial charge in [-0.05, 0) is 89.1 Å². The topological polar surface area (TPSA) is 35.6 Å². The third kappa shape index (κ3) is 6.60. The molecule has 0 saturated heterocycles. The molecule has 0 amide bonds. The monoisotopic (exact) mass is 578 g/mol. The van der Waals surface area contributed by atoms with Gasteiger partial charge in [-0.15, -0.1) is 0 Å². The summed E-state index contributed by atoms with van der Waals surface area (Å²) in [6.07, 6.45) is 11.9. The number of nitrogens with zero attached hydrogens (tertiary/aromatic N) is 4. The first-order valence-corrected chi connectivity index (χ1v) is 15.9. The van der Waals surface area contributed by atoms with Gasteiger partial charge in [0, 0.05) is 30.4 Å². The molecule has 6 aromatic rings. The first-order chi connectivity index (χ1) is 21.5. The summed E-state index contributed by atoms with van der Waals surface area (Å²) in [6.45, 7) is 9.08. The lowest BCUT2D eigenvalue weighted by atomic mass is 9.92. The Kier molecular flexibility index (Phi) is 8.88. The largest absolute Gasteiger partial charge is 0.299 e. The van der Waals surface area contributed by atoms with E-state index in [4.69, 9.17) is 4.98 Å². The third-order valence-electron chi connectivity index (χ3n) is 8.54. The Hall–Kier alpha value is -4.70. The molecule has 0 aliphatic carbocycles. The Labute approximate surface area is 262 Å². The van der Waals surface area contributed by atoms with E-state index in [1.54, 1.807) is 0 Å².